The second kappa shape index (κ2) is 7.35. The van der Waals surface area contributed by atoms with Crippen LogP contribution in [0.5, 0.6) is 0 Å². The molecule has 5 nitrogen and oxygen atoms in total. The number of hydrogen-bond acceptors (Lipinski definition) is 4. The summed E-state index contributed by atoms with van der Waals surface area (Å²) in [5.74, 6) is -1.34. The summed E-state index contributed by atoms with van der Waals surface area (Å²) in [5.41, 5.74) is 0.804. The van der Waals surface area contributed by atoms with E-state index >= 15 is 0 Å². The molecule has 3 rings (SSSR count). The molecule has 0 spiro atoms. The predicted octanol–water partition coefficient (Wildman–Crippen LogP) is 3.74. The Kier molecular flexibility index (Phi) is 5.18. The van der Waals surface area contributed by atoms with Crippen LogP contribution in [0.3, 0.4) is 0 Å². The normalized spacial score (nSPS) is 21.0. The Morgan fingerprint density at radius 2 is 1.88 bits per heavy atom. The summed E-state index contributed by atoms with van der Waals surface area (Å²) in [5, 5.41) is 4.03. The zero-order valence-electron chi connectivity index (χ0n) is 14.7. The third kappa shape index (κ3) is 3.90. The van der Waals surface area contributed by atoms with Gasteiger partial charge >= 0.3 is 5.97 Å². The van der Waals surface area contributed by atoms with Gasteiger partial charge in [0.2, 0.25) is 0 Å². The summed E-state index contributed by atoms with van der Waals surface area (Å²) in [6.45, 7) is 5.81. The van der Waals surface area contributed by atoms with Crippen LogP contribution in [0, 0.1) is 5.82 Å². The molecule has 1 fully saturated rings. The van der Waals surface area contributed by atoms with Crippen molar-refractivity contribution in [2.45, 2.75) is 58.0 Å². The molecule has 1 saturated carbocycles. The minimum absolute atomic E-state index is 0.107. The van der Waals surface area contributed by atoms with Gasteiger partial charge in [0.15, 0.2) is 11.5 Å². The molecule has 1 aliphatic rings. The molecule has 0 amide bonds. The van der Waals surface area contributed by atoms with Crippen molar-refractivity contribution in [3.05, 3.63) is 53.6 Å². The van der Waals surface area contributed by atoms with Crippen LogP contribution in [-0.2, 0) is 9.47 Å². The molecule has 1 aromatic carbocycles. The molecule has 1 aliphatic carbocycles. The molecule has 0 N–H and O–H groups in total. The molecule has 1 atom stereocenters. The molecular weight excluding hydrogens is 323 g/mol. The van der Waals surface area contributed by atoms with Gasteiger partial charge in [-0.25, -0.2) is 13.9 Å². The van der Waals surface area contributed by atoms with E-state index in [1.54, 1.807) is 0 Å². The van der Waals surface area contributed by atoms with Gasteiger partial charge in [-0.3, -0.25) is 0 Å². The Morgan fingerprint density at radius 1 is 1.20 bits per heavy atom. The number of carbonyl (C=O) groups excluding carboxylic acids is 1. The zero-order chi connectivity index (χ0) is 18.0. The second-order valence-electron chi connectivity index (χ2n) is 6.68. The van der Waals surface area contributed by atoms with E-state index < -0.39 is 11.8 Å². The molecule has 25 heavy (non-hydrogen) atoms. The molecule has 1 aromatic heterocycles. The van der Waals surface area contributed by atoms with E-state index in [0.717, 1.165) is 11.8 Å². The van der Waals surface area contributed by atoms with Gasteiger partial charge < -0.3 is 9.47 Å². The smallest absolute Gasteiger partial charge is 0.359 e. The van der Waals surface area contributed by atoms with Crippen molar-refractivity contribution in [1.29, 1.82) is 0 Å². The molecule has 1 heterocycles. The lowest BCUT2D eigenvalue weighted by Crippen LogP contribution is -2.40. The number of esters is 1. The summed E-state index contributed by atoms with van der Waals surface area (Å²) in [6, 6.07) is 9.26. The summed E-state index contributed by atoms with van der Waals surface area (Å²) >= 11 is 0. The number of halogens is 1. The average molecular weight is 346 g/mol. The molecule has 0 bridgehead atoms. The molecule has 0 radical (unpaired) electrons. The Morgan fingerprint density at radius 3 is 2.52 bits per heavy atom. The minimum atomic E-state index is -0.675. The maximum atomic E-state index is 14.1. The first kappa shape index (κ1) is 17.6. The lowest BCUT2D eigenvalue weighted by Gasteiger charge is -2.35. The maximum Gasteiger partial charge on any atom is 0.359 e. The van der Waals surface area contributed by atoms with E-state index in [1.807, 2.05) is 51.1 Å². The van der Waals surface area contributed by atoms with E-state index in [4.69, 9.17) is 9.47 Å². The van der Waals surface area contributed by atoms with E-state index in [2.05, 4.69) is 5.10 Å². The average Bonchev–Trinajstić information content (AvgIpc) is 2.94. The van der Waals surface area contributed by atoms with Crippen molar-refractivity contribution in [2.75, 3.05) is 0 Å². The van der Waals surface area contributed by atoms with Crippen molar-refractivity contribution >= 4 is 5.97 Å². The predicted molar refractivity (Wildman–Crippen MR) is 90.9 cm³/mol. The Hall–Kier alpha value is -2.21. The van der Waals surface area contributed by atoms with Crippen LogP contribution in [0.2, 0.25) is 0 Å². The van der Waals surface area contributed by atoms with Crippen molar-refractivity contribution < 1.29 is 18.7 Å². The number of aromatic nitrogens is 2. The monoisotopic (exact) mass is 346 g/mol. The van der Waals surface area contributed by atoms with E-state index in [9.17, 15) is 9.18 Å². The van der Waals surface area contributed by atoms with Gasteiger partial charge in [0, 0.05) is 12.8 Å². The van der Waals surface area contributed by atoms with Gasteiger partial charge in [-0.15, -0.1) is 0 Å². The minimum Gasteiger partial charge on any atom is -0.457 e. The molecule has 2 aromatic rings. The fourth-order valence-electron chi connectivity index (χ4n) is 3.02. The van der Waals surface area contributed by atoms with E-state index in [0.29, 0.717) is 12.8 Å². The van der Waals surface area contributed by atoms with Crippen LogP contribution in [0.4, 0.5) is 4.39 Å². The first-order valence-electron chi connectivity index (χ1n) is 8.60. The van der Waals surface area contributed by atoms with Crippen LogP contribution in [0.25, 0.3) is 0 Å². The lowest BCUT2D eigenvalue weighted by molar-refractivity contribution is -0.0996. The van der Waals surface area contributed by atoms with Gasteiger partial charge in [0.25, 0.3) is 0 Å². The number of rotatable bonds is 6. The van der Waals surface area contributed by atoms with Crippen molar-refractivity contribution in [3.63, 3.8) is 0 Å². The Balaban J connectivity index is 1.69. The van der Waals surface area contributed by atoms with Gasteiger partial charge in [-0.1, -0.05) is 30.3 Å². The number of carbonyl (C=O) groups is 1. The topological polar surface area (TPSA) is 53.4 Å². The van der Waals surface area contributed by atoms with E-state index in [-0.39, 0.29) is 30.0 Å². The highest BCUT2D eigenvalue weighted by atomic mass is 19.1. The van der Waals surface area contributed by atoms with Gasteiger partial charge in [0.1, 0.15) is 6.10 Å². The van der Waals surface area contributed by atoms with Gasteiger partial charge in [0.05, 0.1) is 24.4 Å². The van der Waals surface area contributed by atoms with Crippen molar-refractivity contribution in [3.8, 4) is 0 Å². The number of ether oxygens (including phenoxy) is 2. The molecular formula is C19H23FN2O3. The fourth-order valence-corrected chi connectivity index (χ4v) is 3.02. The van der Waals surface area contributed by atoms with Crippen molar-refractivity contribution in [2.24, 2.45) is 0 Å². The van der Waals surface area contributed by atoms with Crippen LogP contribution < -0.4 is 0 Å². The van der Waals surface area contributed by atoms with Crippen molar-refractivity contribution in [1.82, 2.24) is 9.78 Å². The SMILES string of the molecule is CC(C)O[C@H]1C[C@@H](OC(=O)c2c(F)cnn2[C@H](C)c2ccccc2)C1. The molecule has 0 saturated heterocycles. The zero-order valence-corrected chi connectivity index (χ0v) is 14.7. The first-order chi connectivity index (χ1) is 12.0. The maximum absolute atomic E-state index is 14.1. The Bertz CT molecular complexity index is 724. The lowest BCUT2D eigenvalue weighted by atomic mass is 9.92. The fraction of sp³-hybridized carbons (Fsp3) is 0.474. The standard InChI is InChI=1S/C19H23FN2O3/c1-12(2)24-15-9-16(10-15)25-19(23)18-17(20)11-21-22(18)13(3)14-7-5-4-6-8-14/h4-8,11-13,15-16H,9-10H2,1-3H3/t13-,15-,16+/m1/s1. The van der Waals surface area contributed by atoms with E-state index in [1.165, 1.54) is 4.68 Å². The highest BCUT2D eigenvalue weighted by Gasteiger charge is 2.35. The van der Waals surface area contributed by atoms with Crippen LogP contribution in [0.15, 0.2) is 36.5 Å². The summed E-state index contributed by atoms with van der Waals surface area (Å²) in [4.78, 5) is 12.5. The van der Waals surface area contributed by atoms with Crippen LogP contribution >= 0.6 is 0 Å². The summed E-state index contributed by atoms with van der Waals surface area (Å²) in [6.07, 6.45) is 2.37. The highest BCUT2D eigenvalue weighted by Crippen LogP contribution is 2.29. The molecule has 0 unspecified atom stereocenters. The number of benzene rings is 1. The summed E-state index contributed by atoms with van der Waals surface area (Å²) in [7, 11) is 0. The summed E-state index contributed by atoms with van der Waals surface area (Å²) < 4.78 is 26.6. The van der Waals surface area contributed by atoms with Gasteiger partial charge in [-0.2, -0.15) is 5.10 Å². The largest absolute Gasteiger partial charge is 0.457 e. The molecule has 0 aliphatic heterocycles. The highest BCUT2D eigenvalue weighted by molar-refractivity contribution is 5.88. The number of hydrogen-bond donors (Lipinski definition) is 0. The third-order valence-electron chi connectivity index (χ3n) is 4.38. The molecule has 6 heteroatoms. The third-order valence-corrected chi connectivity index (χ3v) is 4.38. The quantitative estimate of drug-likeness (QED) is 0.748. The Labute approximate surface area is 146 Å². The first-order valence-corrected chi connectivity index (χ1v) is 8.60. The second-order valence-corrected chi connectivity index (χ2v) is 6.68. The van der Waals surface area contributed by atoms with Gasteiger partial charge in [-0.05, 0) is 26.3 Å². The number of nitrogens with zero attached hydrogens (tertiary/aromatic N) is 2. The van der Waals surface area contributed by atoms with Crippen LogP contribution in [-0.4, -0.2) is 34.1 Å². The molecule has 134 valence electrons. The van der Waals surface area contributed by atoms with Crippen LogP contribution in [0.1, 0.15) is 55.7 Å².